The maximum atomic E-state index is 6.71. The summed E-state index contributed by atoms with van der Waals surface area (Å²) in [6.45, 7) is 4.75. The molecular weight excluding hydrogens is 723 g/mol. The molecule has 2 nitrogen and oxygen atoms in total. The molecule has 2 heterocycles. The minimum absolute atomic E-state index is 0.212. The Balaban J connectivity index is 1.08. The molecule has 0 amide bonds. The third-order valence-electron chi connectivity index (χ3n) is 12.5. The van der Waals surface area contributed by atoms with Gasteiger partial charge >= 0.3 is 0 Å². The van der Waals surface area contributed by atoms with Gasteiger partial charge < -0.3 is 9.32 Å². The first-order valence-corrected chi connectivity index (χ1v) is 20.8. The molecule has 12 rings (SSSR count). The number of benzene rings is 9. The van der Waals surface area contributed by atoms with E-state index in [9.17, 15) is 0 Å². The van der Waals surface area contributed by atoms with Crippen LogP contribution in [0.1, 0.15) is 25.0 Å². The molecule has 3 heteroatoms. The van der Waals surface area contributed by atoms with E-state index >= 15 is 0 Å². The topological polar surface area (TPSA) is 16.4 Å². The van der Waals surface area contributed by atoms with Gasteiger partial charge in [0.05, 0.1) is 11.4 Å². The average molecular weight is 760 g/mol. The highest BCUT2D eigenvalue weighted by atomic mass is 32.1. The number of para-hydroxylation sites is 1. The second-order valence-corrected chi connectivity index (χ2v) is 17.1. The normalized spacial score (nSPS) is 13.1. The van der Waals surface area contributed by atoms with Crippen molar-refractivity contribution in [1.82, 2.24) is 0 Å². The molecule has 0 saturated heterocycles. The van der Waals surface area contributed by atoms with Crippen molar-refractivity contribution in [2.75, 3.05) is 4.90 Å². The summed E-state index contributed by atoms with van der Waals surface area (Å²) in [5.74, 6) is 0. The van der Waals surface area contributed by atoms with Crippen molar-refractivity contribution < 1.29 is 4.42 Å². The van der Waals surface area contributed by atoms with Crippen LogP contribution in [0.15, 0.2) is 192 Å². The van der Waals surface area contributed by atoms with Crippen LogP contribution >= 0.6 is 11.3 Å². The highest BCUT2D eigenvalue weighted by molar-refractivity contribution is 7.25. The van der Waals surface area contributed by atoms with Crippen LogP contribution in [-0.4, -0.2) is 0 Å². The van der Waals surface area contributed by atoms with Gasteiger partial charge in [0, 0.05) is 53.0 Å². The van der Waals surface area contributed by atoms with E-state index in [1.165, 1.54) is 64.6 Å². The van der Waals surface area contributed by atoms with Gasteiger partial charge in [-0.1, -0.05) is 147 Å². The number of furan rings is 1. The van der Waals surface area contributed by atoms with Crippen molar-refractivity contribution in [3.05, 3.63) is 199 Å². The summed E-state index contributed by atoms with van der Waals surface area (Å²) in [5.41, 5.74) is 15.0. The summed E-state index contributed by atoms with van der Waals surface area (Å²) < 4.78 is 9.35. The van der Waals surface area contributed by atoms with Crippen LogP contribution in [0.2, 0.25) is 0 Å². The fraction of sp³-hybridized carbons (Fsp3) is 0.0545. The van der Waals surface area contributed by atoms with Gasteiger partial charge in [-0.05, 0) is 98.9 Å². The van der Waals surface area contributed by atoms with Gasteiger partial charge in [-0.15, -0.1) is 11.3 Å². The zero-order valence-electron chi connectivity index (χ0n) is 32.2. The molecule has 0 atom stereocenters. The van der Waals surface area contributed by atoms with Crippen molar-refractivity contribution >= 4 is 81.3 Å². The smallest absolute Gasteiger partial charge is 0.143 e. The predicted molar refractivity (Wildman–Crippen MR) is 247 cm³/mol. The number of thiophene rings is 1. The van der Waals surface area contributed by atoms with Gasteiger partial charge in [0.15, 0.2) is 0 Å². The third-order valence-corrected chi connectivity index (χ3v) is 13.6. The monoisotopic (exact) mass is 759 g/mol. The lowest BCUT2D eigenvalue weighted by molar-refractivity contribution is 0.661. The molecule has 0 radical (unpaired) electrons. The molecule has 1 aliphatic carbocycles. The Hall–Kier alpha value is -6.94. The van der Waals surface area contributed by atoms with Crippen LogP contribution in [0, 0.1) is 0 Å². The van der Waals surface area contributed by atoms with E-state index < -0.39 is 0 Å². The second-order valence-electron chi connectivity index (χ2n) is 16.0. The Labute approximate surface area is 340 Å². The van der Waals surface area contributed by atoms with Gasteiger partial charge in [-0.2, -0.15) is 0 Å². The van der Waals surface area contributed by atoms with Crippen LogP contribution in [0.5, 0.6) is 0 Å². The van der Waals surface area contributed by atoms with Gasteiger partial charge in [-0.25, -0.2) is 0 Å². The zero-order valence-corrected chi connectivity index (χ0v) is 33.0. The minimum atomic E-state index is -0.212. The summed E-state index contributed by atoms with van der Waals surface area (Å²) in [6.07, 6.45) is 0. The lowest BCUT2D eigenvalue weighted by Gasteiger charge is -2.33. The fourth-order valence-corrected chi connectivity index (χ4v) is 10.9. The molecule has 0 N–H and O–H groups in total. The largest absolute Gasteiger partial charge is 0.455 e. The van der Waals surface area contributed by atoms with Crippen LogP contribution in [0.25, 0.3) is 86.3 Å². The van der Waals surface area contributed by atoms with Gasteiger partial charge in [0.2, 0.25) is 0 Å². The molecule has 0 spiro atoms. The molecule has 0 aliphatic heterocycles. The van der Waals surface area contributed by atoms with E-state index in [0.29, 0.717) is 0 Å². The Morgan fingerprint density at radius 2 is 1.14 bits per heavy atom. The molecule has 58 heavy (non-hydrogen) atoms. The van der Waals surface area contributed by atoms with Crippen molar-refractivity contribution in [1.29, 1.82) is 0 Å². The Bertz CT molecular complexity index is 3440. The number of rotatable bonds is 5. The molecule has 2 aromatic heterocycles. The van der Waals surface area contributed by atoms with Gasteiger partial charge in [0.1, 0.15) is 11.2 Å². The molecule has 11 aromatic rings. The SMILES string of the molecule is CC1(C)c2ccccc2-c2cccc(N(c3ccc(-c4ccc5sc6ccccc6c5c4)cc3)c3ccccc3-c3cccc4oc5c6ccccc6ccc5c34)c21. The summed E-state index contributed by atoms with van der Waals surface area (Å²) >= 11 is 1.86. The predicted octanol–water partition coefficient (Wildman–Crippen LogP) is 16.2. The molecule has 0 unspecified atom stereocenters. The fourth-order valence-electron chi connectivity index (χ4n) is 9.80. The van der Waals surface area contributed by atoms with E-state index in [4.69, 9.17) is 4.42 Å². The first-order valence-electron chi connectivity index (χ1n) is 20.0. The molecule has 274 valence electrons. The van der Waals surface area contributed by atoms with E-state index in [-0.39, 0.29) is 5.41 Å². The molecule has 0 fully saturated rings. The van der Waals surface area contributed by atoms with Crippen molar-refractivity contribution in [3.63, 3.8) is 0 Å². The van der Waals surface area contributed by atoms with Crippen molar-refractivity contribution in [2.24, 2.45) is 0 Å². The molecule has 0 saturated carbocycles. The van der Waals surface area contributed by atoms with Gasteiger partial charge in [0.25, 0.3) is 0 Å². The van der Waals surface area contributed by atoms with Gasteiger partial charge in [-0.3, -0.25) is 0 Å². The first kappa shape index (κ1) is 33.2. The maximum absolute atomic E-state index is 6.71. The number of fused-ring (bicyclic) bond motifs is 11. The molecule has 1 aliphatic rings. The van der Waals surface area contributed by atoms with Crippen molar-refractivity contribution in [3.8, 4) is 33.4 Å². The summed E-state index contributed by atoms with van der Waals surface area (Å²) in [7, 11) is 0. The van der Waals surface area contributed by atoms with E-state index in [2.05, 4.69) is 207 Å². The highest BCUT2D eigenvalue weighted by Crippen LogP contribution is 2.55. The van der Waals surface area contributed by atoms with E-state index in [1.54, 1.807) is 0 Å². The minimum Gasteiger partial charge on any atom is -0.455 e. The Kier molecular flexibility index (Phi) is 7.18. The summed E-state index contributed by atoms with van der Waals surface area (Å²) in [5, 5.41) is 7.20. The van der Waals surface area contributed by atoms with E-state index in [0.717, 1.165) is 49.8 Å². The maximum Gasteiger partial charge on any atom is 0.143 e. The molecule has 0 bridgehead atoms. The lowest BCUT2D eigenvalue weighted by Crippen LogP contribution is -2.21. The summed E-state index contributed by atoms with van der Waals surface area (Å²) in [6, 6.07) is 68.9. The van der Waals surface area contributed by atoms with Crippen LogP contribution in [-0.2, 0) is 5.41 Å². The van der Waals surface area contributed by atoms with E-state index in [1.807, 2.05) is 11.3 Å². The first-order chi connectivity index (χ1) is 28.5. The third kappa shape index (κ3) is 4.84. The lowest BCUT2D eigenvalue weighted by atomic mass is 9.81. The number of anilines is 3. The Morgan fingerprint density at radius 1 is 0.466 bits per heavy atom. The number of nitrogens with zero attached hydrogens (tertiary/aromatic N) is 1. The quantitative estimate of drug-likeness (QED) is 0.174. The standard InChI is InChI=1S/C55H37NOS/c1-55(2)46-20-8-5-15-39(46)43-19-11-22-48(53(43)55)56(37-29-25-34(26-30-37)36-28-32-51-45(33-36)41-17-7-10-24-50(41)58-51)47-21-9-6-16-40(47)42-18-12-23-49-52(42)44-31-27-35-13-3-4-14-38(35)54(44)57-49/h3-33H,1-2H3. The Morgan fingerprint density at radius 3 is 2.03 bits per heavy atom. The highest BCUT2D eigenvalue weighted by Gasteiger charge is 2.39. The number of hydrogen-bond acceptors (Lipinski definition) is 3. The van der Waals surface area contributed by atoms with Crippen LogP contribution in [0.4, 0.5) is 17.1 Å². The number of hydrogen-bond donors (Lipinski definition) is 0. The summed E-state index contributed by atoms with van der Waals surface area (Å²) in [4.78, 5) is 2.50. The average Bonchev–Trinajstić information content (AvgIpc) is 3.92. The second kappa shape index (κ2) is 12.5. The van der Waals surface area contributed by atoms with Crippen LogP contribution < -0.4 is 4.90 Å². The molecular formula is C55H37NOS. The molecule has 9 aromatic carbocycles. The van der Waals surface area contributed by atoms with Crippen LogP contribution in [0.3, 0.4) is 0 Å². The van der Waals surface area contributed by atoms with Crippen molar-refractivity contribution in [2.45, 2.75) is 19.3 Å². The zero-order chi connectivity index (χ0) is 38.5.